The van der Waals surface area contributed by atoms with Crippen LogP contribution in [0.3, 0.4) is 0 Å². The number of carbonyl (C=O) groups excluding carboxylic acids is 1. The molecule has 0 bridgehead atoms. The summed E-state index contributed by atoms with van der Waals surface area (Å²) in [5.74, 6) is 0. The second-order valence-electron chi connectivity index (χ2n) is 3.67. The Hall–Kier alpha value is -0.290. The smallest absolute Gasteiger partial charge is 0.407 e. The number of hydrogen-bond donors (Lipinski definition) is 2. The Kier molecular flexibility index (Phi) is 6.07. The third kappa shape index (κ3) is 9.63. The van der Waals surface area contributed by atoms with Gasteiger partial charge in [0.25, 0.3) is 0 Å². The average Bonchev–Trinajstić information content (AvgIpc) is 1.94. The van der Waals surface area contributed by atoms with Gasteiger partial charge in [0.15, 0.2) is 0 Å². The van der Waals surface area contributed by atoms with E-state index in [4.69, 9.17) is 4.74 Å². The molecule has 0 spiro atoms. The van der Waals surface area contributed by atoms with E-state index in [1.54, 1.807) is 0 Å². The van der Waals surface area contributed by atoms with Gasteiger partial charge in [0, 0.05) is 29.2 Å². The van der Waals surface area contributed by atoms with E-state index in [1.165, 1.54) is 0 Å². The van der Waals surface area contributed by atoms with Gasteiger partial charge in [0.2, 0.25) is 0 Å². The van der Waals surface area contributed by atoms with E-state index in [9.17, 15) is 4.79 Å². The number of carbonyl (C=O) groups is 1. The van der Waals surface area contributed by atoms with Crippen LogP contribution in [-0.4, -0.2) is 24.8 Å². The van der Waals surface area contributed by atoms with E-state index in [2.05, 4.69) is 25.8 Å². The maximum atomic E-state index is 11.1. The van der Waals surface area contributed by atoms with Gasteiger partial charge in [-0.05, 0) is 27.2 Å². The van der Waals surface area contributed by atoms with Gasteiger partial charge in [-0.3, -0.25) is 4.34 Å². The van der Waals surface area contributed by atoms with Gasteiger partial charge in [-0.15, -0.1) is 0 Å². The lowest BCUT2D eigenvalue weighted by molar-refractivity contribution is 0.0527. The molecule has 0 aromatic heterocycles. The van der Waals surface area contributed by atoms with Crippen LogP contribution in [0.25, 0.3) is 0 Å². The molecule has 78 valence electrons. The summed E-state index contributed by atoms with van der Waals surface area (Å²) >= 11 is 3.07. The first-order valence-electron chi connectivity index (χ1n) is 4.26. The first-order valence-corrected chi connectivity index (χ1v) is 5.05. The van der Waals surface area contributed by atoms with E-state index >= 15 is 0 Å². The van der Waals surface area contributed by atoms with Crippen molar-refractivity contribution in [3.63, 3.8) is 0 Å². The van der Waals surface area contributed by atoms with Gasteiger partial charge in [0.1, 0.15) is 5.60 Å². The van der Waals surface area contributed by atoms with Gasteiger partial charge in [-0.2, -0.15) is 0 Å². The number of ether oxygens (including phenoxy) is 1. The zero-order valence-corrected chi connectivity index (χ0v) is 9.90. The summed E-state index contributed by atoms with van der Waals surface area (Å²) < 4.78 is 7.85. The van der Waals surface area contributed by atoms with Gasteiger partial charge in [-0.25, -0.2) is 4.79 Å². The van der Waals surface area contributed by atoms with Crippen molar-refractivity contribution in [3.8, 4) is 0 Å². The largest absolute Gasteiger partial charge is 0.444 e. The molecule has 0 saturated heterocycles. The number of rotatable bonds is 4. The van der Waals surface area contributed by atoms with Crippen molar-refractivity contribution in [1.29, 1.82) is 0 Å². The predicted molar refractivity (Wildman–Crippen MR) is 55.8 cm³/mol. The molecule has 0 atom stereocenters. The minimum absolute atomic E-state index is 0.359. The zero-order valence-electron chi connectivity index (χ0n) is 8.32. The molecule has 0 rings (SSSR count). The van der Waals surface area contributed by atoms with Crippen LogP contribution in [0.4, 0.5) is 4.79 Å². The van der Waals surface area contributed by atoms with Crippen molar-refractivity contribution in [2.45, 2.75) is 32.8 Å². The van der Waals surface area contributed by atoms with E-state index in [0.29, 0.717) is 6.54 Å². The van der Waals surface area contributed by atoms with Crippen molar-refractivity contribution in [2.75, 3.05) is 13.1 Å². The topological polar surface area (TPSA) is 50.4 Å². The highest BCUT2D eigenvalue weighted by atomic mass is 79.9. The fraction of sp³-hybridized carbons (Fsp3) is 0.875. The molecule has 0 aliphatic carbocycles. The molecule has 0 saturated carbocycles. The lowest BCUT2D eigenvalue weighted by Crippen LogP contribution is -2.33. The Balaban J connectivity index is 3.41. The van der Waals surface area contributed by atoms with E-state index in [-0.39, 0.29) is 6.09 Å². The quantitative estimate of drug-likeness (QED) is 0.593. The standard InChI is InChI=1S/C8H17BrN2O2/c1-8(2,3)13-7(12)10-5-4-6-11-9/h11H,4-6H2,1-3H3,(H,10,12). The summed E-state index contributed by atoms with van der Waals surface area (Å²) in [6.45, 7) is 6.95. The molecule has 0 fully saturated rings. The molecule has 0 heterocycles. The SMILES string of the molecule is CC(C)(C)OC(=O)NCCCNBr. The minimum atomic E-state index is -0.419. The molecular weight excluding hydrogens is 236 g/mol. The van der Waals surface area contributed by atoms with Crippen LogP contribution in [0.5, 0.6) is 0 Å². The summed E-state index contributed by atoms with van der Waals surface area (Å²) in [7, 11) is 0. The van der Waals surface area contributed by atoms with Crippen molar-refractivity contribution in [1.82, 2.24) is 9.66 Å². The number of hydrogen-bond acceptors (Lipinski definition) is 3. The van der Waals surface area contributed by atoms with Crippen molar-refractivity contribution >= 4 is 22.2 Å². The third-order valence-corrected chi connectivity index (χ3v) is 1.51. The van der Waals surface area contributed by atoms with Gasteiger partial charge < -0.3 is 10.1 Å². The molecule has 4 nitrogen and oxygen atoms in total. The van der Waals surface area contributed by atoms with Crippen LogP contribution in [0.15, 0.2) is 0 Å². The maximum Gasteiger partial charge on any atom is 0.407 e. The molecule has 0 unspecified atom stereocenters. The van der Waals surface area contributed by atoms with Crippen LogP contribution in [0.1, 0.15) is 27.2 Å². The van der Waals surface area contributed by atoms with Crippen LogP contribution in [0, 0.1) is 0 Å². The van der Waals surface area contributed by atoms with Gasteiger partial charge in [0.05, 0.1) is 0 Å². The summed E-state index contributed by atoms with van der Waals surface area (Å²) in [6, 6.07) is 0. The molecular formula is C8H17BrN2O2. The van der Waals surface area contributed by atoms with Gasteiger partial charge in [-0.1, -0.05) is 0 Å². The summed E-state index contributed by atoms with van der Waals surface area (Å²) in [5, 5.41) is 2.65. The van der Waals surface area contributed by atoms with E-state index in [0.717, 1.165) is 13.0 Å². The van der Waals surface area contributed by atoms with Crippen LogP contribution in [-0.2, 0) is 4.74 Å². The first-order chi connectivity index (χ1) is 5.95. The molecule has 0 aliphatic rings. The Morgan fingerprint density at radius 2 is 2.00 bits per heavy atom. The highest BCUT2D eigenvalue weighted by Crippen LogP contribution is 2.06. The molecule has 5 heteroatoms. The Morgan fingerprint density at radius 3 is 2.46 bits per heavy atom. The second-order valence-corrected chi connectivity index (χ2v) is 4.23. The van der Waals surface area contributed by atoms with Crippen molar-refractivity contribution in [2.24, 2.45) is 0 Å². The fourth-order valence-corrected chi connectivity index (χ4v) is 0.940. The number of nitrogens with one attached hydrogen (secondary N) is 2. The number of alkyl carbamates (subject to hydrolysis) is 1. The first kappa shape index (κ1) is 12.7. The van der Waals surface area contributed by atoms with Crippen molar-refractivity contribution < 1.29 is 9.53 Å². The van der Waals surface area contributed by atoms with E-state index in [1.807, 2.05) is 20.8 Å². The molecule has 0 radical (unpaired) electrons. The Bertz CT molecular complexity index is 157. The van der Waals surface area contributed by atoms with Crippen LogP contribution in [0.2, 0.25) is 0 Å². The lowest BCUT2D eigenvalue weighted by atomic mass is 10.2. The summed E-state index contributed by atoms with van der Waals surface area (Å²) in [4.78, 5) is 11.1. The van der Waals surface area contributed by atoms with Gasteiger partial charge >= 0.3 is 6.09 Å². The highest BCUT2D eigenvalue weighted by molar-refractivity contribution is 9.08. The molecule has 0 aliphatic heterocycles. The molecule has 2 N–H and O–H groups in total. The van der Waals surface area contributed by atoms with Crippen LogP contribution >= 0.6 is 16.1 Å². The monoisotopic (exact) mass is 252 g/mol. The highest BCUT2D eigenvalue weighted by Gasteiger charge is 2.15. The minimum Gasteiger partial charge on any atom is -0.444 e. The normalized spacial score (nSPS) is 11.1. The van der Waals surface area contributed by atoms with Crippen LogP contribution < -0.4 is 9.66 Å². The lowest BCUT2D eigenvalue weighted by Gasteiger charge is -2.19. The molecule has 0 aromatic rings. The molecule has 1 amide bonds. The van der Waals surface area contributed by atoms with Crippen molar-refractivity contribution in [3.05, 3.63) is 0 Å². The summed E-state index contributed by atoms with van der Waals surface area (Å²) in [6.07, 6.45) is 0.506. The average molecular weight is 253 g/mol. The predicted octanol–water partition coefficient (Wildman–Crippen LogP) is 1.80. The third-order valence-electron chi connectivity index (χ3n) is 1.12. The zero-order chi connectivity index (χ0) is 10.3. The summed E-state index contributed by atoms with van der Waals surface area (Å²) in [5.41, 5.74) is -0.419. The number of halogens is 1. The fourth-order valence-electron chi connectivity index (χ4n) is 0.660. The Morgan fingerprint density at radius 1 is 1.38 bits per heavy atom. The maximum absolute atomic E-state index is 11.1. The number of amides is 1. The Labute approximate surface area is 87.7 Å². The second kappa shape index (κ2) is 6.21. The molecule has 13 heavy (non-hydrogen) atoms. The molecule has 0 aromatic carbocycles. The van der Waals surface area contributed by atoms with E-state index < -0.39 is 5.60 Å².